The molecule has 2 N–H and O–H groups in total. The Kier molecular flexibility index (Phi) is 7.37. The minimum atomic E-state index is -0.926. The molecule has 6 rings (SSSR count). The second kappa shape index (κ2) is 11.3. The molecule has 10 heteroatoms. The van der Waals surface area contributed by atoms with Crippen LogP contribution in [0.2, 0.25) is 0 Å². The van der Waals surface area contributed by atoms with E-state index in [1.54, 1.807) is 35.6 Å². The highest BCUT2D eigenvalue weighted by molar-refractivity contribution is 7.09. The first kappa shape index (κ1) is 27.4. The highest BCUT2D eigenvalue weighted by Crippen LogP contribution is 2.36. The Labute approximate surface area is 247 Å². The third-order valence-corrected chi connectivity index (χ3v) is 8.44. The minimum Gasteiger partial charge on any atom is -0.417 e. The zero-order valence-electron chi connectivity index (χ0n) is 23.3. The van der Waals surface area contributed by atoms with Crippen LogP contribution in [0.5, 0.6) is 0 Å². The largest absolute Gasteiger partial charge is 0.417 e. The van der Waals surface area contributed by atoms with Crippen molar-refractivity contribution in [2.24, 2.45) is 5.73 Å². The van der Waals surface area contributed by atoms with Crippen molar-refractivity contribution >= 4 is 17.2 Å². The van der Waals surface area contributed by atoms with Crippen LogP contribution in [0, 0.1) is 18.3 Å². The average Bonchev–Trinajstić information content (AvgIpc) is 3.78. The molecule has 0 aliphatic carbocycles. The van der Waals surface area contributed by atoms with Gasteiger partial charge in [-0.3, -0.25) is 4.79 Å². The lowest BCUT2D eigenvalue weighted by Crippen LogP contribution is -2.35. The molecule has 0 unspecified atom stereocenters. The van der Waals surface area contributed by atoms with Crippen LogP contribution in [0.15, 0.2) is 76.5 Å². The Morgan fingerprint density at radius 2 is 1.88 bits per heavy atom. The molecule has 3 aromatic heterocycles. The summed E-state index contributed by atoms with van der Waals surface area (Å²) >= 11 is 1.58. The number of nitrogens with zero attached hydrogens (tertiary/aromatic N) is 6. The maximum absolute atomic E-state index is 14.1. The van der Waals surface area contributed by atoms with Gasteiger partial charge in [-0.25, -0.2) is 9.97 Å². The molecule has 42 heavy (non-hydrogen) atoms. The number of hydrogen-bond donors (Lipinski definition) is 1. The number of carbonyl (C=O) groups excluding carboxylic acids is 1. The van der Waals surface area contributed by atoms with E-state index in [1.165, 1.54) is 0 Å². The average molecular weight is 576 g/mol. The number of amides is 1. The van der Waals surface area contributed by atoms with E-state index in [1.807, 2.05) is 66.6 Å². The predicted molar refractivity (Wildman–Crippen MR) is 159 cm³/mol. The Morgan fingerprint density at radius 3 is 2.64 bits per heavy atom. The van der Waals surface area contributed by atoms with Crippen molar-refractivity contribution in [3.8, 4) is 28.9 Å². The van der Waals surface area contributed by atoms with E-state index in [9.17, 15) is 10.1 Å². The van der Waals surface area contributed by atoms with Crippen LogP contribution >= 0.6 is 11.3 Å². The smallest absolute Gasteiger partial charge is 0.266 e. The van der Waals surface area contributed by atoms with E-state index in [0.717, 1.165) is 29.1 Å². The number of hydrogen-bond acceptors (Lipinski definition) is 9. The van der Waals surface area contributed by atoms with Crippen molar-refractivity contribution in [3.63, 3.8) is 0 Å². The molecule has 1 amide bonds. The van der Waals surface area contributed by atoms with Crippen molar-refractivity contribution in [1.82, 2.24) is 25.1 Å². The minimum absolute atomic E-state index is 0.0893. The number of nitriles is 1. The SMILES string of the molecule is Cc1csc([C@H]2CCCN2C(=O)c2cc(-c3nnc([C@@](C)(N)Cc4ccccc4)o3)nc(-c3ccccc3C#N)c2)n1. The normalized spacial score (nSPS) is 16.2. The molecule has 0 radical (unpaired) electrons. The lowest BCUT2D eigenvalue weighted by Gasteiger charge is -2.23. The number of aryl methyl sites for hydroxylation is 1. The van der Waals surface area contributed by atoms with Crippen LogP contribution in [0.1, 0.15) is 63.9 Å². The molecular formula is C32H29N7O2S. The summed E-state index contributed by atoms with van der Waals surface area (Å²) < 4.78 is 6.10. The van der Waals surface area contributed by atoms with Gasteiger partial charge in [0.25, 0.3) is 11.8 Å². The van der Waals surface area contributed by atoms with Gasteiger partial charge in [-0.15, -0.1) is 21.5 Å². The second-order valence-electron chi connectivity index (χ2n) is 10.8. The third-order valence-electron chi connectivity index (χ3n) is 7.38. The van der Waals surface area contributed by atoms with E-state index in [-0.39, 0.29) is 23.7 Å². The first-order chi connectivity index (χ1) is 20.3. The molecule has 210 valence electrons. The van der Waals surface area contributed by atoms with Gasteiger partial charge in [0.15, 0.2) is 0 Å². The van der Waals surface area contributed by atoms with Crippen LogP contribution in [0.3, 0.4) is 0 Å². The summed E-state index contributed by atoms with van der Waals surface area (Å²) in [5.74, 6) is 0.267. The van der Waals surface area contributed by atoms with E-state index < -0.39 is 5.54 Å². The standard InChI is InChI=1S/C32H29N7O2S/c1-20-19-42-29(35-20)27-13-8-14-39(27)30(40)23-15-25(24-12-7-6-11-22(24)18-33)36-26(16-23)28-37-38-31(41-28)32(2,34)17-21-9-4-3-5-10-21/h3-7,9-12,15-16,19,27H,8,13-14,17,34H2,1-2H3/t27-,32+/m1/s1. The monoisotopic (exact) mass is 575 g/mol. The lowest BCUT2D eigenvalue weighted by atomic mass is 9.94. The molecule has 4 heterocycles. The number of benzene rings is 2. The quantitative estimate of drug-likeness (QED) is 0.256. The maximum atomic E-state index is 14.1. The van der Waals surface area contributed by atoms with Crippen molar-refractivity contribution in [2.75, 3.05) is 6.54 Å². The number of likely N-dealkylation sites (tertiary alicyclic amines) is 1. The number of aromatic nitrogens is 4. The van der Waals surface area contributed by atoms with Gasteiger partial charge >= 0.3 is 0 Å². The topological polar surface area (TPSA) is 135 Å². The molecule has 2 atom stereocenters. The molecule has 1 fully saturated rings. The summed E-state index contributed by atoms with van der Waals surface area (Å²) in [6, 6.07) is 22.6. The molecule has 1 saturated heterocycles. The Balaban J connectivity index is 1.40. The van der Waals surface area contributed by atoms with E-state index >= 15 is 0 Å². The van der Waals surface area contributed by atoms with Gasteiger partial charge in [0, 0.05) is 28.7 Å². The van der Waals surface area contributed by atoms with Crippen molar-refractivity contribution in [2.45, 2.75) is 44.7 Å². The molecule has 1 aliphatic rings. The third kappa shape index (κ3) is 5.44. The van der Waals surface area contributed by atoms with Gasteiger partial charge in [-0.05, 0) is 56.9 Å². The fourth-order valence-electron chi connectivity index (χ4n) is 5.32. The van der Waals surface area contributed by atoms with E-state index in [4.69, 9.17) is 15.1 Å². The van der Waals surface area contributed by atoms with Gasteiger partial charge < -0.3 is 15.1 Å². The second-order valence-corrected chi connectivity index (χ2v) is 11.6. The highest BCUT2D eigenvalue weighted by atomic mass is 32.1. The molecule has 5 aromatic rings. The van der Waals surface area contributed by atoms with Crippen LogP contribution in [0.25, 0.3) is 22.8 Å². The van der Waals surface area contributed by atoms with Crippen molar-refractivity contribution in [1.29, 1.82) is 5.26 Å². The summed E-state index contributed by atoms with van der Waals surface area (Å²) in [5.41, 5.74) is 9.97. The first-order valence-corrected chi connectivity index (χ1v) is 14.6. The van der Waals surface area contributed by atoms with Gasteiger partial charge in [0.1, 0.15) is 10.7 Å². The number of thiazole rings is 1. The molecular weight excluding hydrogens is 546 g/mol. The summed E-state index contributed by atoms with van der Waals surface area (Å²) in [6.07, 6.45) is 2.24. The lowest BCUT2D eigenvalue weighted by molar-refractivity contribution is 0.0735. The molecule has 0 bridgehead atoms. The summed E-state index contributed by atoms with van der Waals surface area (Å²) in [5, 5.41) is 21.3. The number of nitrogens with two attached hydrogens (primary N) is 1. The number of rotatable bonds is 7. The number of carbonyl (C=O) groups is 1. The number of pyridine rings is 1. The fraction of sp³-hybridized carbons (Fsp3) is 0.250. The maximum Gasteiger partial charge on any atom is 0.266 e. The summed E-state index contributed by atoms with van der Waals surface area (Å²) in [4.78, 5) is 25.4. The van der Waals surface area contributed by atoms with Crippen LogP contribution in [-0.2, 0) is 12.0 Å². The molecule has 0 spiro atoms. The molecule has 1 aliphatic heterocycles. The van der Waals surface area contributed by atoms with Gasteiger partial charge in [0.2, 0.25) is 5.89 Å². The van der Waals surface area contributed by atoms with Crippen molar-refractivity contribution in [3.05, 3.63) is 105 Å². The van der Waals surface area contributed by atoms with E-state index in [2.05, 4.69) is 21.3 Å². The highest BCUT2D eigenvalue weighted by Gasteiger charge is 2.34. The van der Waals surface area contributed by atoms with Crippen molar-refractivity contribution < 1.29 is 9.21 Å². The van der Waals surface area contributed by atoms with E-state index in [0.29, 0.717) is 41.0 Å². The van der Waals surface area contributed by atoms with Gasteiger partial charge in [-0.2, -0.15) is 5.26 Å². The summed E-state index contributed by atoms with van der Waals surface area (Å²) in [6.45, 7) is 4.42. The van der Waals surface area contributed by atoms with Gasteiger partial charge in [0.05, 0.1) is 28.9 Å². The predicted octanol–water partition coefficient (Wildman–Crippen LogP) is 5.83. The molecule has 2 aromatic carbocycles. The zero-order valence-corrected chi connectivity index (χ0v) is 24.1. The Hall–Kier alpha value is -4.72. The zero-order chi connectivity index (χ0) is 29.3. The molecule has 9 nitrogen and oxygen atoms in total. The Morgan fingerprint density at radius 1 is 1.12 bits per heavy atom. The first-order valence-electron chi connectivity index (χ1n) is 13.7. The van der Waals surface area contributed by atoms with Crippen LogP contribution in [0.4, 0.5) is 0 Å². The summed E-state index contributed by atoms with van der Waals surface area (Å²) in [7, 11) is 0. The fourth-order valence-corrected chi connectivity index (χ4v) is 6.26. The Bertz CT molecular complexity index is 1790. The van der Waals surface area contributed by atoms with Crippen LogP contribution < -0.4 is 5.73 Å². The molecule has 0 saturated carbocycles. The van der Waals surface area contributed by atoms with Gasteiger partial charge in [-0.1, -0.05) is 48.5 Å². The van der Waals surface area contributed by atoms with Crippen LogP contribution in [-0.4, -0.2) is 37.5 Å².